The average molecular weight is 638 g/mol. The molecule has 5 amide bonds. The second-order valence-corrected chi connectivity index (χ2v) is 9.75. The maximum Gasteiger partial charge on any atom is 0.335 e. The van der Waals surface area contributed by atoms with Gasteiger partial charge in [0.2, 0.25) is 0 Å². The number of imide groups is 2. The van der Waals surface area contributed by atoms with Crippen molar-refractivity contribution in [1.29, 1.82) is 0 Å². The number of hydrogen-bond donors (Lipinski definition) is 2. The summed E-state index contributed by atoms with van der Waals surface area (Å²) in [5.41, 5.74) is 1.02. The second kappa shape index (κ2) is 13.7. The fourth-order valence-corrected chi connectivity index (χ4v) is 4.43. The van der Waals surface area contributed by atoms with Gasteiger partial charge in [0.25, 0.3) is 17.7 Å². The third-order valence-corrected chi connectivity index (χ3v) is 6.59. The van der Waals surface area contributed by atoms with Gasteiger partial charge in [0.1, 0.15) is 17.1 Å². The van der Waals surface area contributed by atoms with E-state index in [1.165, 1.54) is 25.3 Å². The molecule has 0 spiro atoms. The highest BCUT2D eigenvalue weighted by Gasteiger charge is 2.37. The van der Waals surface area contributed by atoms with Gasteiger partial charge in [0, 0.05) is 11.8 Å². The second-order valence-electron chi connectivity index (χ2n) is 8.90. The van der Waals surface area contributed by atoms with Crippen molar-refractivity contribution in [3.05, 3.63) is 76.3 Å². The highest BCUT2D eigenvalue weighted by Crippen LogP contribution is 2.34. The number of carbonyl (C=O) groups is 4. The number of amides is 5. The summed E-state index contributed by atoms with van der Waals surface area (Å²) in [6.07, 6.45) is 2.15. The fraction of sp³-hybridized carbons (Fsp3) is 0.200. The lowest BCUT2D eigenvalue weighted by atomic mass is 10.1. The summed E-state index contributed by atoms with van der Waals surface area (Å²) in [5.74, 6) is -0.166. The number of methoxy groups -OCH3 is 2. The molecule has 0 radical (unpaired) electrons. The molecule has 0 unspecified atom stereocenters. The summed E-state index contributed by atoms with van der Waals surface area (Å²) >= 11 is 3.40. The Hall–Kier alpha value is -4.84. The van der Waals surface area contributed by atoms with Crippen LogP contribution in [-0.4, -0.2) is 51.2 Å². The van der Waals surface area contributed by atoms with Crippen molar-refractivity contribution in [3.63, 3.8) is 0 Å². The van der Waals surface area contributed by atoms with Crippen LogP contribution in [0.1, 0.15) is 18.9 Å². The van der Waals surface area contributed by atoms with Crippen LogP contribution in [0, 0.1) is 0 Å². The molecule has 4 rings (SSSR count). The predicted molar refractivity (Wildman–Crippen MR) is 159 cm³/mol. The minimum atomic E-state index is -0.885. The smallest absolute Gasteiger partial charge is 0.335 e. The lowest BCUT2D eigenvalue weighted by Gasteiger charge is -2.27. The van der Waals surface area contributed by atoms with E-state index in [1.54, 1.807) is 55.6 Å². The largest absolute Gasteiger partial charge is 0.497 e. The topological polar surface area (TPSA) is 132 Å². The Morgan fingerprint density at radius 3 is 2.33 bits per heavy atom. The summed E-state index contributed by atoms with van der Waals surface area (Å²) in [6, 6.07) is 15.4. The molecule has 2 N–H and O–H groups in total. The number of hydrogen-bond acceptors (Lipinski definition) is 8. The van der Waals surface area contributed by atoms with Gasteiger partial charge in [-0.25, -0.2) is 9.69 Å². The zero-order chi connectivity index (χ0) is 30.2. The lowest BCUT2D eigenvalue weighted by molar-refractivity contribution is -0.122. The molecule has 218 valence electrons. The molecule has 0 bridgehead atoms. The highest BCUT2D eigenvalue weighted by atomic mass is 79.9. The first-order chi connectivity index (χ1) is 20.2. The Balaban J connectivity index is 1.47. The molecule has 1 aliphatic rings. The number of carbonyl (C=O) groups excluding carboxylic acids is 4. The first-order valence-electron chi connectivity index (χ1n) is 12.8. The molecule has 3 aromatic rings. The van der Waals surface area contributed by atoms with Crippen LogP contribution in [0.5, 0.6) is 23.0 Å². The molecular formula is C30H28BrN3O8. The molecule has 11 nitrogen and oxygen atoms in total. The summed E-state index contributed by atoms with van der Waals surface area (Å²) in [6.45, 7) is 2.18. The van der Waals surface area contributed by atoms with Gasteiger partial charge < -0.3 is 24.3 Å². The van der Waals surface area contributed by atoms with Gasteiger partial charge in [0.05, 0.1) is 31.0 Å². The minimum Gasteiger partial charge on any atom is -0.497 e. The molecule has 0 saturated carbocycles. The first-order valence-corrected chi connectivity index (χ1v) is 13.6. The number of anilines is 2. The van der Waals surface area contributed by atoms with Gasteiger partial charge in [-0.15, -0.1) is 0 Å². The standard InChI is InChI=1S/C30H28BrN3O8/c1-4-13-41-25-12-8-20(16-26(25)40-3)34-29(37)22(28(36)33-30(34)38)14-18-5-11-24(23(31)15-18)42-17-27(35)32-19-6-9-21(39-2)10-7-19/h5-12,14-16H,4,13,17H2,1-3H3,(H,32,35)(H,33,36,38)/b22-14-. The monoisotopic (exact) mass is 637 g/mol. The molecule has 3 aromatic carbocycles. The van der Waals surface area contributed by atoms with Gasteiger partial charge in [-0.2, -0.15) is 0 Å². The summed E-state index contributed by atoms with van der Waals surface area (Å²) in [5, 5.41) is 4.92. The van der Waals surface area contributed by atoms with Crippen molar-refractivity contribution >= 4 is 57.1 Å². The van der Waals surface area contributed by atoms with Gasteiger partial charge in [-0.1, -0.05) is 13.0 Å². The Kier molecular flexibility index (Phi) is 9.81. The quantitative estimate of drug-likeness (QED) is 0.223. The van der Waals surface area contributed by atoms with E-state index in [1.807, 2.05) is 6.92 Å². The number of ether oxygens (including phenoxy) is 4. The number of halogens is 1. The lowest BCUT2D eigenvalue weighted by Crippen LogP contribution is -2.54. The van der Waals surface area contributed by atoms with Gasteiger partial charge in [-0.3, -0.25) is 19.7 Å². The molecule has 1 heterocycles. The van der Waals surface area contributed by atoms with Crippen molar-refractivity contribution < 1.29 is 38.1 Å². The molecule has 0 atom stereocenters. The highest BCUT2D eigenvalue weighted by molar-refractivity contribution is 9.10. The van der Waals surface area contributed by atoms with E-state index < -0.39 is 17.8 Å². The summed E-state index contributed by atoms with van der Waals surface area (Å²) < 4.78 is 22.2. The SMILES string of the molecule is CCCOc1ccc(N2C(=O)NC(=O)/C(=C/c3ccc(OCC(=O)Nc4ccc(OC)cc4)c(Br)c3)C2=O)cc1OC. The van der Waals surface area contributed by atoms with E-state index in [0.29, 0.717) is 45.3 Å². The number of nitrogens with zero attached hydrogens (tertiary/aromatic N) is 1. The van der Waals surface area contributed by atoms with E-state index in [9.17, 15) is 19.2 Å². The maximum atomic E-state index is 13.3. The van der Waals surface area contributed by atoms with E-state index >= 15 is 0 Å². The Bertz CT molecular complexity index is 1540. The molecule has 0 aromatic heterocycles. The first kappa shape index (κ1) is 30.1. The minimum absolute atomic E-state index is 0.203. The van der Waals surface area contributed by atoms with Gasteiger partial charge in [0.15, 0.2) is 18.1 Å². The molecular weight excluding hydrogens is 610 g/mol. The number of benzene rings is 3. The molecule has 1 aliphatic heterocycles. The Morgan fingerprint density at radius 1 is 0.929 bits per heavy atom. The molecule has 1 fully saturated rings. The van der Waals surface area contributed by atoms with Crippen molar-refractivity contribution in [3.8, 4) is 23.0 Å². The number of nitrogens with one attached hydrogen (secondary N) is 2. The predicted octanol–water partition coefficient (Wildman–Crippen LogP) is 4.94. The summed E-state index contributed by atoms with van der Waals surface area (Å²) in [4.78, 5) is 51.8. The van der Waals surface area contributed by atoms with Crippen molar-refractivity contribution in [2.24, 2.45) is 0 Å². The van der Waals surface area contributed by atoms with Crippen LogP contribution in [-0.2, 0) is 14.4 Å². The number of rotatable bonds is 11. The number of barbiturate groups is 1. The fourth-order valence-electron chi connectivity index (χ4n) is 3.92. The maximum absolute atomic E-state index is 13.3. The summed E-state index contributed by atoms with van der Waals surface area (Å²) in [7, 11) is 3.00. The molecule has 12 heteroatoms. The van der Waals surface area contributed by atoms with Crippen LogP contribution in [0.3, 0.4) is 0 Å². The third-order valence-electron chi connectivity index (χ3n) is 5.97. The van der Waals surface area contributed by atoms with Crippen molar-refractivity contribution in [2.75, 3.05) is 37.7 Å². The van der Waals surface area contributed by atoms with Crippen LogP contribution >= 0.6 is 15.9 Å². The van der Waals surface area contributed by atoms with E-state index in [2.05, 4.69) is 26.6 Å². The van der Waals surface area contributed by atoms with Gasteiger partial charge >= 0.3 is 6.03 Å². The Labute approximate surface area is 250 Å². The normalized spacial score (nSPS) is 14.0. The van der Waals surface area contributed by atoms with Crippen molar-refractivity contribution in [1.82, 2.24) is 5.32 Å². The van der Waals surface area contributed by atoms with Crippen molar-refractivity contribution in [2.45, 2.75) is 13.3 Å². The van der Waals surface area contributed by atoms with E-state index in [-0.39, 0.29) is 23.8 Å². The molecule has 0 aliphatic carbocycles. The number of urea groups is 1. The average Bonchev–Trinajstić information content (AvgIpc) is 2.98. The van der Waals surface area contributed by atoms with E-state index in [0.717, 1.165) is 11.3 Å². The van der Waals surface area contributed by atoms with Crippen LogP contribution in [0.4, 0.5) is 16.2 Å². The van der Waals surface area contributed by atoms with Gasteiger partial charge in [-0.05, 0) is 82.5 Å². The third kappa shape index (κ3) is 7.07. The van der Waals surface area contributed by atoms with Crippen LogP contribution in [0.15, 0.2) is 70.7 Å². The Morgan fingerprint density at radius 2 is 1.67 bits per heavy atom. The zero-order valence-corrected chi connectivity index (χ0v) is 24.6. The van der Waals surface area contributed by atoms with Crippen LogP contribution in [0.2, 0.25) is 0 Å². The molecule has 1 saturated heterocycles. The zero-order valence-electron chi connectivity index (χ0n) is 23.1. The molecule has 42 heavy (non-hydrogen) atoms. The van der Waals surface area contributed by atoms with Crippen LogP contribution < -0.4 is 34.5 Å². The van der Waals surface area contributed by atoms with Crippen LogP contribution in [0.25, 0.3) is 6.08 Å². The van der Waals surface area contributed by atoms with E-state index in [4.69, 9.17) is 18.9 Å².